The van der Waals surface area contributed by atoms with Crippen LogP contribution in [0.4, 0.5) is 4.39 Å². The second kappa shape index (κ2) is 6.88. The van der Waals surface area contributed by atoms with E-state index in [-0.39, 0.29) is 11.1 Å². The molecule has 0 aliphatic heterocycles. The van der Waals surface area contributed by atoms with E-state index in [9.17, 15) is 9.50 Å². The third-order valence-corrected chi connectivity index (χ3v) is 3.38. The molecule has 2 unspecified atom stereocenters. The zero-order chi connectivity index (χ0) is 14.5. The zero-order valence-electron chi connectivity index (χ0n) is 11.1. The number of nitrogens with one attached hydrogen (secondary N) is 1. The van der Waals surface area contributed by atoms with E-state index in [1.54, 1.807) is 24.3 Å². The molecule has 2 aromatic rings. The molecule has 20 heavy (non-hydrogen) atoms. The highest BCUT2D eigenvalue weighted by Gasteiger charge is 2.14. The standard InChI is InChI=1S/C15H17ClFNO2/c1-10(7-14(19)15-3-2-6-20-15)18-9-11-4-5-13(17)12(16)8-11/h2-6,8,10,14,18-19H,7,9H2,1H3. The summed E-state index contributed by atoms with van der Waals surface area (Å²) in [5, 5.41) is 13.3. The predicted molar refractivity (Wildman–Crippen MR) is 76.0 cm³/mol. The van der Waals surface area contributed by atoms with Crippen LogP contribution in [0, 0.1) is 5.82 Å². The van der Waals surface area contributed by atoms with E-state index in [0.717, 1.165) is 5.56 Å². The van der Waals surface area contributed by atoms with Crippen molar-refractivity contribution in [3.8, 4) is 0 Å². The monoisotopic (exact) mass is 297 g/mol. The molecule has 108 valence electrons. The maximum absolute atomic E-state index is 13.0. The van der Waals surface area contributed by atoms with E-state index in [4.69, 9.17) is 16.0 Å². The summed E-state index contributed by atoms with van der Waals surface area (Å²) in [5.74, 6) is 0.139. The van der Waals surface area contributed by atoms with Crippen molar-refractivity contribution in [3.05, 3.63) is 58.8 Å². The number of benzene rings is 1. The molecule has 0 aliphatic rings. The minimum Gasteiger partial charge on any atom is -0.467 e. The van der Waals surface area contributed by atoms with Crippen molar-refractivity contribution in [1.82, 2.24) is 5.32 Å². The third kappa shape index (κ3) is 4.07. The molecule has 0 bridgehead atoms. The number of aliphatic hydroxyl groups excluding tert-OH is 1. The molecular formula is C15H17ClFNO2. The summed E-state index contributed by atoms with van der Waals surface area (Å²) in [6.45, 7) is 2.53. The van der Waals surface area contributed by atoms with Gasteiger partial charge in [0.2, 0.25) is 0 Å². The SMILES string of the molecule is CC(CC(O)c1ccco1)NCc1ccc(F)c(Cl)c1. The van der Waals surface area contributed by atoms with E-state index in [1.807, 2.05) is 6.92 Å². The van der Waals surface area contributed by atoms with Crippen molar-refractivity contribution in [2.75, 3.05) is 0 Å². The minimum absolute atomic E-state index is 0.0823. The van der Waals surface area contributed by atoms with Crippen LogP contribution in [0.2, 0.25) is 5.02 Å². The molecule has 0 spiro atoms. The van der Waals surface area contributed by atoms with Gasteiger partial charge in [-0.05, 0) is 43.2 Å². The van der Waals surface area contributed by atoms with Crippen molar-refractivity contribution in [2.45, 2.75) is 32.0 Å². The maximum Gasteiger partial charge on any atom is 0.141 e. The zero-order valence-corrected chi connectivity index (χ0v) is 11.9. The van der Waals surface area contributed by atoms with Crippen molar-refractivity contribution < 1.29 is 13.9 Å². The molecule has 1 aromatic carbocycles. The Hall–Kier alpha value is -1.36. The van der Waals surface area contributed by atoms with Crippen LogP contribution >= 0.6 is 11.6 Å². The molecule has 2 atom stereocenters. The number of hydrogen-bond donors (Lipinski definition) is 2. The van der Waals surface area contributed by atoms with Gasteiger partial charge in [-0.25, -0.2) is 4.39 Å². The van der Waals surface area contributed by atoms with Gasteiger partial charge in [0.1, 0.15) is 17.7 Å². The molecule has 0 saturated carbocycles. The van der Waals surface area contributed by atoms with Crippen LogP contribution in [-0.2, 0) is 6.54 Å². The summed E-state index contributed by atoms with van der Waals surface area (Å²) in [6, 6.07) is 8.21. The van der Waals surface area contributed by atoms with E-state index in [2.05, 4.69) is 5.32 Å². The highest BCUT2D eigenvalue weighted by molar-refractivity contribution is 6.30. The van der Waals surface area contributed by atoms with E-state index in [0.29, 0.717) is 18.7 Å². The average molecular weight is 298 g/mol. The first kappa shape index (κ1) is 15.0. The molecule has 0 amide bonds. The topological polar surface area (TPSA) is 45.4 Å². The summed E-state index contributed by atoms with van der Waals surface area (Å²) in [5.41, 5.74) is 0.899. The average Bonchev–Trinajstić information content (AvgIpc) is 2.94. The van der Waals surface area contributed by atoms with E-state index < -0.39 is 11.9 Å². The first-order chi connectivity index (χ1) is 9.56. The van der Waals surface area contributed by atoms with Gasteiger partial charge < -0.3 is 14.8 Å². The lowest BCUT2D eigenvalue weighted by Crippen LogP contribution is -2.27. The summed E-state index contributed by atoms with van der Waals surface area (Å²) in [4.78, 5) is 0. The van der Waals surface area contributed by atoms with Gasteiger partial charge in [0.05, 0.1) is 11.3 Å². The quantitative estimate of drug-likeness (QED) is 0.855. The lowest BCUT2D eigenvalue weighted by atomic mass is 10.1. The number of aliphatic hydroxyl groups is 1. The molecule has 0 radical (unpaired) electrons. The molecule has 2 N–H and O–H groups in total. The Labute approximate surface area is 122 Å². The Morgan fingerprint density at radius 3 is 2.85 bits per heavy atom. The fourth-order valence-corrected chi connectivity index (χ4v) is 2.16. The Bertz CT molecular complexity index is 545. The number of rotatable bonds is 6. The van der Waals surface area contributed by atoms with Crippen LogP contribution in [-0.4, -0.2) is 11.1 Å². The van der Waals surface area contributed by atoms with Gasteiger partial charge in [0.25, 0.3) is 0 Å². The fraction of sp³-hybridized carbons (Fsp3) is 0.333. The molecule has 5 heteroatoms. The molecule has 0 saturated heterocycles. The van der Waals surface area contributed by atoms with Crippen LogP contribution in [0.25, 0.3) is 0 Å². The minimum atomic E-state index is -0.635. The Kier molecular flexibility index (Phi) is 5.17. The fourth-order valence-electron chi connectivity index (χ4n) is 1.96. The first-order valence-corrected chi connectivity index (χ1v) is 6.83. The lowest BCUT2D eigenvalue weighted by Gasteiger charge is -2.16. The molecule has 3 nitrogen and oxygen atoms in total. The molecule has 1 heterocycles. The molecule has 0 fully saturated rings. The van der Waals surface area contributed by atoms with Gasteiger partial charge in [-0.3, -0.25) is 0 Å². The second-order valence-corrected chi connectivity index (χ2v) is 5.20. The van der Waals surface area contributed by atoms with Crippen LogP contribution in [0.5, 0.6) is 0 Å². The predicted octanol–water partition coefficient (Wildman–Crippen LogP) is 3.67. The Morgan fingerprint density at radius 1 is 1.40 bits per heavy atom. The number of hydrogen-bond acceptors (Lipinski definition) is 3. The molecular weight excluding hydrogens is 281 g/mol. The summed E-state index contributed by atoms with van der Waals surface area (Å²) >= 11 is 5.73. The third-order valence-electron chi connectivity index (χ3n) is 3.09. The van der Waals surface area contributed by atoms with Crippen molar-refractivity contribution in [1.29, 1.82) is 0 Å². The lowest BCUT2D eigenvalue weighted by molar-refractivity contribution is 0.128. The number of halogens is 2. The van der Waals surface area contributed by atoms with Gasteiger partial charge >= 0.3 is 0 Å². The highest BCUT2D eigenvalue weighted by atomic mass is 35.5. The van der Waals surface area contributed by atoms with Gasteiger partial charge in [-0.1, -0.05) is 17.7 Å². The normalized spacial score (nSPS) is 14.2. The van der Waals surface area contributed by atoms with Gasteiger partial charge in [-0.15, -0.1) is 0 Å². The highest BCUT2D eigenvalue weighted by Crippen LogP contribution is 2.19. The first-order valence-electron chi connectivity index (χ1n) is 6.45. The summed E-state index contributed by atoms with van der Waals surface area (Å²) in [6.07, 6.45) is 1.43. The Morgan fingerprint density at radius 2 is 2.20 bits per heavy atom. The van der Waals surface area contributed by atoms with Gasteiger partial charge in [0, 0.05) is 12.6 Å². The van der Waals surface area contributed by atoms with Gasteiger partial charge in [0.15, 0.2) is 0 Å². The molecule has 1 aromatic heterocycles. The molecule has 2 rings (SSSR count). The smallest absolute Gasteiger partial charge is 0.141 e. The second-order valence-electron chi connectivity index (χ2n) is 4.80. The van der Waals surface area contributed by atoms with Crippen LogP contribution in [0.3, 0.4) is 0 Å². The summed E-state index contributed by atoms with van der Waals surface area (Å²) in [7, 11) is 0. The van der Waals surface area contributed by atoms with Crippen LogP contribution in [0.1, 0.15) is 30.8 Å². The largest absolute Gasteiger partial charge is 0.467 e. The maximum atomic E-state index is 13.0. The van der Waals surface area contributed by atoms with E-state index in [1.165, 1.54) is 12.3 Å². The van der Waals surface area contributed by atoms with Crippen molar-refractivity contribution in [3.63, 3.8) is 0 Å². The van der Waals surface area contributed by atoms with Crippen molar-refractivity contribution in [2.24, 2.45) is 0 Å². The molecule has 0 aliphatic carbocycles. The van der Waals surface area contributed by atoms with Crippen LogP contribution < -0.4 is 5.32 Å². The van der Waals surface area contributed by atoms with Crippen molar-refractivity contribution >= 4 is 11.6 Å². The number of furan rings is 1. The Balaban J connectivity index is 1.82. The van der Waals surface area contributed by atoms with E-state index >= 15 is 0 Å². The summed E-state index contributed by atoms with van der Waals surface area (Å²) < 4.78 is 18.2. The van der Waals surface area contributed by atoms with Crippen LogP contribution in [0.15, 0.2) is 41.0 Å². The van der Waals surface area contributed by atoms with Gasteiger partial charge in [-0.2, -0.15) is 0 Å².